The summed E-state index contributed by atoms with van der Waals surface area (Å²) < 4.78 is 5.89. The molecule has 1 saturated carbocycles. The molecule has 0 aromatic heterocycles. The number of hydrogen-bond acceptors (Lipinski definition) is 3. The average molecular weight is 249 g/mol. The lowest BCUT2D eigenvalue weighted by atomic mass is 9.88. The van der Waals surface area contributed by atoms with Crippen molar-refractivity contribution in [2.75, 3.05) is 5.73 Å². The van der Waals surface area contributed by atoms with Gasteiger partial charge in [0, 0.05) is 5.69 Å². The average Bonchev–Trinajstić information content (AvgIpc) is 2.34. The molecule has 0 heterocycles. The van der Waals surface area contributed by atoms with Gasteiger partial charge in [-0.25, -0.2) is 4.79 Å². The van der Waals surface area contributed by atoms with Gasteiger partial charge in [0.25, 0.3) is 0 Å². The Bertz CT molecular complexity index is 445. The van der Waals surface area contributed by atoms with Crippen LogP contribution in [0, 0.1) is 5.92 Å². The van der Waals surface area contributed by atoms with Crippen LogP contribution < -0.4 is 10.5 Å². The molecule has 1 aromatic rings. The number of anilines is 1. The first-order valence-electron chi connectivity index (χ1n) is 6.37. The van der Waals surface area contributed by atoms with Crippen molar-refractivity contribution >= 4 is 11.7 Å². The van der Waals surface area contributed by atoms with Crippen LogP contribution in [0.15, 0.2) is 18.2 Å². The van der Waals surface area contributed by atoms with Gasteiger partial charge < -0.3 is 15.6 Å². The minimum absolute atomic E-state index is 0.107. The number of rotatable bonds is 3. The number of carboxylic acids is 1. The Morgan fingerprint density at radius 1 is 1.39 bits per heavy atom. The molecule has 0 aliphatic heterocycles. The van der Waals surface area contributed by atoms with E-state index in [4.69, 9.17) is 15.6 Å². The van der Waals surface area contributed by atoms with E-state index < -0.39 is 5.97 Å². The summed E-state index contributed by atoms with van der Waals surface area (Å²) in [6, 6.07) is 4.84. The summed E-state index contributed by atoms with van der Waals surface area (Å²) in [6.07, 6.45) is 4.82. The van der Waals surface area contributed by atoms with Crippen LogP contribution in [0.4, 0.5) is 5.69 Å². The van der Waals surface area contributed by atoms with Crippen LogP contribution >= 0.6 is 0 Å². The van der Waals surface area contributed by atoms with Gasteiger partial charge in [0.15, 0.2) is 0 Å². The van der Waals surface area contributed by atoms with Gasteiger partial charge in [-0.3, -0.25) is 0 Å². The van der Waals surface area contributed by atoms with Crippen LogP contribution in [-0.2, 0) is 0 Å². The van der Waals surface area contributed by atoms with Gasteiger partial charge >= 0.3 is 5.97 Å². The lowest BCUT2D eigenvalue weighted by Crippen LogP contribution is -2.28. The fourth-order valence-corrected chi connectivity index (χ4v) is 2.43. The van der Waals surface area contributed by atoms with E-state index in [2.05, 4.69) is 6.92 Å². The molecule has 2 atom stereocenters. The molecule has 1 fully saturated rings. The third kappa shape index (κ3) is 2.75. The monoisotopic (exact) mass is 249 g/mol. The van der Waals surface area contributed by atoms with Crippen molar-refractivity contribution in [1.82, 2.24) is 0 Å². The van der Waals surface area contributed by atoms with Crippen molar-refractivity contribution in [1.29, 1.82) is 0 Å². The Kier molecular flexibility index (Phi) is 3.75. The molecule has 4 nitrogen and oxygen atoms in total. The Hall–Kier alpha value is -1.71. The normalized spacial score (nSPS) is 23.6. The van der Waals surface area contributed by atoms with Gasteiger partial charge in [-0.15, -0.1) is 0 Å². The molecule has 0 spiro atoms. The Morgan fingerprint density at radius 2 is 2.11 bits per heavy atom. The van der Waals surface area contributed by atoms with E-state index in [1.165, 1.54) is 25.3 Å². The van der Waals surface area contributed by atoms with E-state index in [0.717, 1.165) is 6.42 Å². The van der Waals surface area contributed by atoms with Crippen LogP contribution in [0.3, 0.4) is 0 Å². The van der Waals surface area contributed by atoms with Gasteiger partial charge in [-0.2, -0.15) is 0 Å². The number of hydrogen-bond donors (Lipinski definition) is 2. The molecule has 0 bridgehead atoms. The van der Waals surface area contributed by atoms with Crippen LogP contribution in [-0.4, -0.2) is 17.2 Å². The quantitative estimate of drug-likeness (QED) is 0.808. The van der Waals surface area contributed by atoms with E-state index in [1.54, 1.807) is 12.1 Å². The summed E-state index contributed by atoms with van der Waals surface area (Å²) in [5.74, 6) is 0.0968. The number of benzene rings is 1. The maximum Gasteiger partial charge on any atom is 0.337 e. The second-order valence-corrected chi connectivity index (χ2v) is 4.97. The summed E-state index contributed by atoms with van der Waals surface area (Å²) >= 11 is 0. The highest BCUT2D eigenvalue weighted by Gasteiger charge is 2.23. The van der Waals surface area contributed by atoms with Crippen molar-refractivity contribution < 1.29 is 14.6 Å². The topological polar surface area (TPSA) is 72.5 Å². The predicted molar refractivity (Wildman–Crippen MR) is 69.9 cm³/mol. The van der Waals surface area contributed by atoms with E-state index in [0.29, 0.717) is 11.7 Å². The summed E-state index contributed by atoms with van der Waals surface area (Å²) in [5.41, 5.74) is 5.99. The van der Waals surface area contributed by atoms with Crippen molar-refractivity contribution in [2.45, 2.75) is 38.7 Å². The first-order valence-corrected chi connectivity index (χ1v) is 6.37. The van der Waals surface area contributed by atoms with E-state index >= 15 is 0 Å². The van der Waals surface area contributed by atoms with Crippen molar-refractivity contribution in [3.63, 3.8) is 0 Å². The zero-order valence-electron chi connectivity index (χ0n) is 10.6. The highest BCUT2D eigenvalue weighted by atomic mass is 16.5. The van der Waals surface area contributed by atoms with Crippen LogP contribution in [0.25, 0.3) is 0 Å². The highest BCUT2D eigenvalue weighted by molar-refractivity contribution is 5.94. The maximum absolute atomic E-state index is 11.0. The largest absolute Gasteiger partial charge is 0.490 e. The minimum atomic E-state index is -1.02. The molecular weight excluding hydrogens is 230 g/mol. The highest BCUT2D eigenvalue weighted by Crippen LogP contribution is 2.29. The zero-order valence-corrected chi connectivity index (χ0v) is 10.6. The van der Waals surface area contributed by atoms with Crippen molar-refractivity contribution in [3.05, 3.63) is 23.8 Å². The van der Waals surface area contributed by atoms with Crippen LogP contribution in [0.2, 0.25) is 0 Å². The third-order valence-corrected chi connectivity index (χ3v) is 3.58. The molecule has 0 radical (unpaired) electrons. The smallest absolute Gasteiger partial charge is 0.337 e. The molecule has 18 heavy (non-hydrogen) atoms. The number of nitrogen functional groups attached to an aromatic ring is 1. The van der Waals surface area contributed by atoms with Gasteiger partial charge in [0.1, 0.15) is 11.9 Å². The molecule has 2 unspecified atom stereocenters. The molecule has 0 amide bonds. The number of nitrogens with two attached hydrogens (primary N) is 1. The Morgan fingerprint density at radius 3 is 2.78 bits per heavy atom. The summed E-state index contributed by atoms with van der Waals surface area (Å²) in [4.78, 5) is 11.0. The van der Waals surface area contributed by atoms with E-state index in [1.807, 2.05) is 0 Å². The molecule has 1 aromatic carbocycles. The SMILES string of the molecule is CC1CCCCC1Oc1ccc(N)c(C(=O)O)c1. The molecule has 2 rings (SSSR count). The van der Waals surface area contributed by atoms with E-state index in [9.17, 15) is 4.79 Å². The van der Waals surface area contributed by atoms with Crippen molar-refractivity contribution in [2.24, 2.45) is 5.92 Å². The van der Waals surface area contributed by atoms with Crippen molar-refractivity contribution in [3.8, 4) is 5.75 Å². The zero-order chi connectivity index (χ0) is 13.1. The number of aromatic carboxylic acids is 1. The standard InChI is InChI=1S/C14H19NO3/c1-9-4-2-3-5-13(9)18-10-6-7-12(15)11(8-10)14(16)17/h6-9,13H,2-5,15H2,1H3,(H,16,17). The predicted octanol–water partition coefficient (Wildman–Crippen LogP) is 2.92. The number of carbonyl (C=O) groups is 1. The van der Waals surface area contributed by atoms with Crippen LogP contribution in [0.1, 0.15) is 43.0 Å². The molecule has 1 aliphatic carbocycles. The summed E-state index contributed by atoms with van der Waals surface area (Å²) in [6.45, 7) is 2.18. The maximum atomic E-state index is 11.0. The summed E-state index contributed by atoms with van der Waals surface area (Å²) in [7, 11) is 0. The first kappa shape index (κ1) is 12.7. The van der Waals surface area contributed by atoms with Gasteiger partial charge in [-0.05, 0) is 43.4 Å². The first-order chi connectivity index (χ1) is 8.58. The molecular formula is C14H19NO3. The number of ether oxygens (including phenoxy) is 1. The molecule has 1 aliphatic rings. The molecule has 0 saturated heterocycles. The van der Waals surface area contributed by atoms with Gasteiger partial charge in [-0.1, -0.05) is 13.3 Å². The Labute approximate surface area is 107 Å². The molecule has 4 heteroatoms. The van der Waals surface area contributed by atoms with Gasteiger partial charge in [0.05, 0.1) is 5.56 Å². The molecule has 98 valence electrons. The Balaban J connectivity index is 2.14. The van der Waals surface area contributed by atoms with Crippen LogP contribution in [0.5, 0.6) is 5.75 Å². The second-order valence-electron chi connectivity index (χ2n) is 4.97. The molecule has 3 N–H and O–H groups in total. The van der Waals surface area contributed by atoms with E-state index in [-0.39, 0.29) is 17.4 Å². The minimum Gasteiger partial charge on any atom is -0.490 e. The van der Waals surface area contributed by atoms with Gasteiger partial charge in [0.2, 0.25) is 0 Å². The number of carboxylic acid groups (broad SMARTS) is 1. The third-order valence-electron chi connectivity index (χ3n) is 3.58. The fraction of sp³-hybridized carbons (Fsp3) is 0.500. The lowest BCUT2D eigenvalue weighted by Gasteiger charge is -2.29. The second kappa shape index (κ2) is 5.29. The summed E-state index contributed by atoms with van der Waals surface area (Å²) in [5, 5.41) is 9.01. The fourth-order valence-electron chi connectivity index (χ4n) is 2.43. The lowest BCUT2D eigenvalue weighted by molar-refractivity contribution is 0.0695.